The molecule has 2 aromatic rings. The third-order valence-electron chi connectivity index (χ3n) is 3.66. The SMILES string of the molecule is CC(=O)N(CCc1ccc(Cl)cc1Cl)CC(=O)NCc1cccnc1. The van der Waals surface area contributed by atoms with Crippen LogP contribution in [-0.4, -0.2) is 34.8 Å². The summed E-state index contributed by atoms with van der Waals surface area (Å²) in [6, 6.07) is 8.92. The zero-order valence-corrected chi connectivity index (χ0v) is 15.3. The van der Waals surface area contributed by atoms with Gasteiger partial charge >= 0.3 is 0 Å². The summed E-state index contributed by atoms with van der Waals surface area (Å²) in [6.45, 7) is 2.22. The molecule has 5 nitrogen and oxygen atoms in total. The van der Waals surface area contributed by atoms with Gasteiger partial charge < -0.3 is 10.2 Å². The molecule has 0 saturated heterocycles. The largest absolute Gasteiger partial charge is 0.350 e. The number of hydrogen-bond acceptors (Lipinski definition) is 3. The number of carbonyl (C=O) groups excluding carboxylic acids is 2. The maximum absolute atomic E-state index is 12.1. The number of nitrogens with zero attached hydrogens (tertiary/aromatic N) is 2. The predicted molar refractivity (Wildman–Crippen MR) is 98.5 cm³/mol. The molecule has 1 aromatic heterocycles. The Morgan fingerprint density at radius 1 is 1.24 bits per heavy atom. The minimum Gasteiger partial charge on any atom is -0.350 e. The van der Waals surface area contributed by atoms with Gasteiger partial charge in [-0.15, -0.1) is 0 Å². The fourth-order valence-corrected chi connectivity index (χ4v) is 2.76. The first-order valence-corrected chi connectivity index (χ1v) is 8.56. The summed E-state index contributed by atoms with van der Waals surface area (Å²) in [7, 11) is 0. The highest BCUT2D eigenvalue weighted by molar-refractivity contribution is 6.35. The van der Waals surface area contributed by atoms with Crippen LogP contribution in [0.3, 0.4) is 0 Å². The van der Waals surface area contributed by atoms with Crippen molar-refractivity contribution in [3.63, 3.8) is 0 Å². The lowest BCUT2D eigenvalue weighted by Crippen LogP contribution is -2.40. The molecule has 25 heavy (non-hydrogen) atoms. The number of carbonyl (C=O) groups is 2. The first kappa shape index (κ1) is 19.2. The van der Waals surface area contributed by atoms with Gasteiger partial charge in [0.1, 0.15) is 0 Å². The number of rotatable bonds is 7. The van der Waals surface area contributed by atoms with Crippen molar-refractivity contribution in [1.29, 1.82) is 0 Å². The van der Waals surface area contributed by atoms with E-state index in [1.807, 2.05) is 12.1 Å². The first-order valence-electron chi connectivity index (χ1n) is 7.80. The summed E-state index contributed by atoms with van der Waals surface area (Å²) in [5.41, 5.74) is 1.78. The minimum atomic E-state index is -0.221. The number of halogens is 2. The third-order valence-corrected chi connectivity index (χ3v) is 4.25. The average Bonchev–Trinajstić information content (AvgIpc) is 2.58. The number of benzene rings is 1. The van der Waals surface area contributed by atoms with Gasteiger partial charge in [0.15, 0.2) is 0 Å². The van der Waals surface area contributed by atoms with Crippen LogP contribution in [0.4, 0.5) is 0 Å². The molecule has 0 saturated carbocycles. The van der Waals surface area contributed by atoms with Crippen LogP contribution < -0.4 is 5.32 Å². The Morgan fingerprint density at radius 2 is 2.04 bits per heavy atom. The highest BCUT2D eigenvalue weighted by atomic mass is 35.5. The number of pyridine rings is 1. The van der Waals surface area contributed by atoms with E-state index in [-0.39, 0.29) is 18.4 Å². The van der Waals surface area contributed by atoms with Crippen LogP contribution in [0.15, 0.2) is 42.7 Å². The van der Waals surface area contributed by atoms with Gasteiger partial charge in [-0.2, -0.15) is 0 Å². The van der Waals surface area contributed by atoms with Crippen LogP contribution in [0, 0.1) is 0 Å². The van der Waals surface area contributed by atoms with Gasteiger partial charge in [0.05, 0.1) is 6.54 Å². The molecule has 0 unspecified atom stereocenters. The number of amides is 2. The second kappa shape index (κ2) is 9.39. The van der Waals surface area contributed by atoms with Crippen molar-refractivity contribution in [2.24, 2.45) is 0 Å². The van der Waals surface area contributed by atoms with Crippen LogP contribution >= 0.6 is 23.2 Å². The second-order valence-electron chi connectivity index (χ2n) is 5.56. The van der Waals surface area contributed by atoms with E-state index in [1.54, 1.807) is 30.6 Å². The quantitative estimate of drug-likeness (QED) is 0.803. The molecule has 0 aliphatic carbocycles. The van der Waals surface area contributed by atoms with Gasteiger partial charge in [0, 0.05) is 42.5 Å². The summed E-state index contributed by atoms with van der Waals surface area (Å²) in [5, 5.41) is 3.90. The van der Waals surface area contributed by atoms with E-state index in [4.69, 9.17) is 23.2 Å². The summed E-state index contributed by atoms with van der Waals surface area (Å²) in [4.78, 5) is 29.4. The van der Waals surface area contributed by atoms with E-state index in [1.165, 1.54) is 11.8 Å². The Hall–Kier alpha value is -2.11. The van der Waals surface area contributed by atoms with Crippen molar-refractivity contribution < 1.29 is 9.59 Å². The van der Waals surface area contributed by atoms with E-state index in [0.29, 0.717) is 29.6 Å². The van der Waals surface area contributed by atoms with Crippen LogP contribution in [0.5, 0.6) is 0 Å². The van der Waals surface area contributed by atoms with E-state index < -0.39 is 0 Å². The van der Waals surface area contributed by atoms with Crippen molar-refractivity contribution in [2.45, 2.75) is 19.9 Å². The van der Waals surface area contributed by atoms with Gasteiger partial charge in [-0.25, -0.2) is 0 Å². The molecule has 0 atom stereocenters. The molecule has 2 rings (SSSR count). The molecule has 1 aromatic carbocycles. The van der Waals surface area contributed by atoms with Gasteiger partial charge in [0.2, 0.25) is 11.8 Å². The fraction of sp³-hybridized carbons (Fsp3) is 0.278. The van der Waals surface area contributed by atoms with E-state index in [0.717, 1.165) is 11.1 Å². The standard InChI is InChI=1S/C18H19Cl2N3O2/c1-13(24)23(8-6-15-4-5-16(19)9-17(15)20)12-18(25)22-11-14-3-2-7-21-10-14/h2-5,7,9-10H,6,8,11-12H2,1H3,(H,22,25). The lowest BCUT2D eigenvalue weighted by atomic mass is 10.1. The Balaban J connectivity index is 1.87. The summed E-state index contributed by atoms with van der Waals surface area (Å²) in [6.07, 6.45) is 3.90. The predicted octanol–water partition coefficient (Wildman–Crippen LogP) is 3.10. The van der Waals surface area contributed by atoms with Crippen LogP contribution in [-0.2, 0) is 22.6 Å². The lowest BCUT2D eigenvalue weighted by molar-refractivity contribution is -0.134. The van der Waals surface area contributed by atoms with Gasteiger partial charge in [0.25, 0.3) is 0 Å². The van der Waals surface area contributed by atoms with Gasteiger partial charge in [-0.05, 0) is 35.7 Å². The summed E-state index contributed by atoms with van der Waals surface area (Å²) >= 11 is 12.0. The molecular weight excluding hydrogens is 361 g/mol. The van der Waals surface area contributed by atoms with Crippen molar-refractivity contribution >= 4 is 35.0 Å². The molecule has 0 aliphatic rings. The third kappa shape index (κ3) is 6.36. The van der Waals surface area contributed by atoms with Crippen LogP contribution in [0.25, 0.3) is 0 Å². The Kier molecular flexibility index (Phi) is 7.22. The number of hydrogen-bond donors (Lipinski definition) is 1. The minimum absolute atomic E-state index is 0.000798. The lowest BCUT2D eigenvalue weighted by Gasteiger charge is -2.21. The van der Waals surface area contributed by atoms with Gasteiger partial charge in [-0.3, -0.25) is 14.6 Å². The average molecular weight is 380 g/mol. The van der Waals surface area contributed by atoms with Crippen molar-refractivity contribution in [1.82, 2.24) is 15.2 Å². The van der Waals surface area contributed by atoms with E-state index in [9.17, 15) is 9.59 Å². The zero-order chi connectivity index (χ0) is 18.2. The summed E-state index contributed by atoms with van der Waals surface area (Å²) < 4.78 is 0. The Morgan fingerprint density at radius 3 is 2.68 bits per heavy atom. The summed E-state index contributed by atoms with van der Waals surface area (Å²) in [5.74, 6) is -0.386. The number of nitrogens with one attached hydrogen (secondary N) is 1. The van der Waals surface area contributed by atoms with Crippen molar-refractivity contribution in [3.05, 3.63) is 63.9 Å². The highest BCUT2D eigenvalue weighted by Gasteiger charge is 2.14. The molecule has 0 aliphatic heterocycles. The Labute approximate surface area is 157 Å². The smallest absolute Gasteiger partial charge is 0.239 e. The van der Waals surface area contributed by atoms with Crippen molar-refractivity contribution in [3.8, 4) is 0 Å². The zero-order valence-electron chi connectivity index (χ0n) is 13.8. The topological polar surface area (TPSA) is 62.3 Å². The Bertz CT molecular complexity index is 738. The maximum Gasteiger partial charge on any atom is 0.239 e. The van der Waals surface area contributed by atoms with Crippen LogP contribution in [0.1, 0.15) is 18.1 Å². The molecule has 1 N–H and O–H groups in total. The fourth-order valence-electron chi connectivity index (χ4n) is 2.26. The molecule has 0 fully saturated rings. The van der Waals surface area contributed by atoms with Crippen molar-refractivity contribution in [2.75, 3.05) is 13.1 Å². The monoisotopic (exact) mass is 379 g/mol. The molecular formula is C18H19Cl2N3O2. The second-order valence-corrected chi connectivity index (χ2v) is 6.41. The highest BCUT2D eigenvalue weighted by Crippen LogP contribution is 2.21. The first-order chi connectivity index (χ1) is 12.0. The normalized spacial score (nSPS) is 10.4. The molecule has 0 bridgehead atoms. The molecule has 7 heteroatoms. The van der Waals surface area contributed by atoms with E-state index >= 15 is 0 Å². The molecule has 0 spiro atoms. The molecule has 0 radical (unpaired) electrons. The van der Waals surface area contributed by atoms with Crippen LogP contribution in [0.2, 0.25) is 10.0 Å². The van der Waals surface area contributed by atoms with Gasteiger partial charge in [-0.1, -0.05) is 35.3 Å². The molecule has 2 amide bonds. The number of aromatic nitrogens is 1. The molecule has 1 heterocycles. The molecule has 132 valence electrons. The maximum atomic E-state index is 12.1. The van der Waals surface area contributed by atoms with E-state index in [2.05, 4.69) is 10.3 Å².